The van der Waals surface area contributed by atoms with E-state index in [0.717, 1.165) is 24.4 Å². The Labute approximate surface area is 135 Å². The molecule has 1 atom stereocenters. The lowest BCUT2D eigenvalue weighted by Crippen LogP contribution is -2.26. The number of ether oxygens (including phenoxy) is 1. The van der Waals surface area contributed by atoms with E-state index in [1.54, 1.807) is 19.4 Å². The van der Waals surface area contributed by atoms with Gasteiger partial charge in [-0.2, -0.15) is 0 Å². The molecule has 1 aliphatic rings. The summed E-state index contributed by atoms with van der Waals surface area (Å²) in [5.74, 6) is 1.89. The number of primary sulfonamides is 1. The van der Waals surface area contributed by atoms with Crippen LogP contribution in [0.15, 0.2) is 39.8 Å². The molecule has 0 amide bonds. The van der Waals surface area contributed by atoms with Crippen molar-refractivity contribution < 1.29 is 17.6 Å². The van der Waals surface area contributed by atoms with Gasteiger partial charge in [0.25, 0.3) is 0 Å². The number of pyridine rings is 1. The molecule has 2 aromatic rings. The molecular weight excluding hydrogens is 318 g/mol. The SMILES string of the molecule is COCc1ccc(C2CCCN2c2ncccc2S(N)(=O)=O)o1. The number of methoxy groups -OCH3 is 1. The standard InChI is InChI=1S/C15H19N3O4S/c1-21-10-11-6-7-13(22-11)12-4-3-9-18(12)15-14(23(16,19)20)5-2-8-17-15/h2,5-8,12H,3-4,9-10H2,1H3,(H2,16,19,20). The van der Waals surface area contributed by atoms with Gasteiger partial charge in [-0.25, -0.2) is 18.5 Å². The lowest BCUT2D eigenvalue weighted by atomic mass is 10.1. The van der Waals surface area contributed by atoms with Gasteiger partial charge in [0.05, 0.1) is 6.04 Å². The van der Waals surface area contributed by atoms with Crippen molar-refractivity contribution in [3.05, 3.63) is 42.0 Å². The van der Waals surface area contributed by atoms with Crippen molar-refractivity contribution >= 4 is 15.8 Å². The van der Waals surface area contributed by atoms with Crippen molar-refractivity contribution in [3.8, 4) is 0 Å². The van der Waals surface area contributed by atoms with E-state index < -0.39 is 10.0 Å². The molecule has 2 N–H and O–H groups in total. The molecule has 0 spiro atoms. The van der Waals surface area contributed by atoms with Crippen LogP contribution in [-0.4, -0.2) is 27.1 Å². The second-order valence-corrected chi connectivity index (χ2v) is 6.99. The topological polar surface area (TPSA) is 98.7 Å². The molecule has 0 aromatic carbocycles. The summed E-state index contributed by atoms with van der Waals surface area (Å²) in [5, 5.41) is 5.32. The van der Waals surface area contributed by atoms with Crippen LogP contribution in [0.1, 0.15) is 30.4 Å². The fraction of sp³-hybridized carbons (Fsp3) is 0.400. The van der Waals surface area contributed by atoms with Crippen LogP contribution in [0.2, 0.25) is 0 Å². The van der Waals surface area contributed by atoms with Crippen molar-refractivity contribution in [3.63, 3.8) is 0 Å². The molecular formula is C15H19N3O4S. The van der Waals surface area contributed by atoms with Gasteiger partial charge in [-0.1, -0.05) is 0 Å². The highest BCUT2D eigenvalue weighted by atomic mass is 32.2. The van der Waals surface area contributed by atoms with Crippen molar-refractivity contribution in [1.82, 2.24) is 4.98 Å². The lowest BCUT2D eigenvalue weighted by molar-refractivity contribution is 0.162. The van der Waals surface area contributed by atoms with E-state index in [4.69, 9.17) is 14.3 Å². The molecule has 3 heterocycles. The second kappa shape index (κ2) is 6.31. The number of aromatic nitrogens is 1. The highest BCUT2D eigenvalue weighted by Crippen LogP contribution is 2.38. The largest absolute Gasteiger partial charge is 0.461 e. The smallest absolute Gasteiger partial charge is 0.241 e. The summed E-state index contributed by atoms with van der Waals surface area (Å²) >= 11 is 0. The minimum atomic E-state index is -3.83. The van der Waals surface area contributed by atoms with Gasteiger partial charge in [0, 0.05) is 19.9 Å². The van der Waals surface area contributed by atoms with Gasteiger partial charge in [0.15, 0.2) is 0 Å². The Kier molecular flexibility index (Phi) is 4.38. The molecule has 0 saturated carbocycles. The molecule has 8 heteroatoms. The van der Waals surface area contributed by atoms with Crippen LogP contribution in [0.4, 0.5) is 5.82 Å². The zero-order valence-electron chi connectivity index (χ0n) is 12.8. The number of nitrogens with zero attached hydrogens (tertiary/aromatic N) is 2. The zero-order chi connectivity index (χ0) is 16.4. The summed E-state index contributed by atoms with van der Waals surface area (Å²) in [6.45, 7) is 1.10. The van der Waals surface area contributed by atoms with Crippen LogP contribution in [0.5, 0.6) is 0 Å². The number of anilines is 1. The second-order valence-electron chi connectivity index (χ2n) is 5.46. The Morgan fingerprint density at radius 3 is 3.00 bits per heavy atom. The Hall–Kier alpha value is -1.90. The fourth-order valence-corrected chi connectivity index (χ4v) is 3.62. The molecule has 1 aliphatic heterocycles. The van der Waals surface area contributed by atoms with Crippen LogP contribution in [-0.2, 0) is 21.4 Å². The number of nitrogens with two attached hydrogens (primary N) is 1. The van der Waals surface area contributed by atoms with Crippen molar-refractivity contribution in [1.29, 1.82) is 0 Å². The molecule has 7 nitrogen and oxygen atoms in total. The molecule has 0 bridgehead atoms. The Morgan fingerprint density at radius 2 is 2.26 bits per heavy atom. The lowest BCUT2D eigenvalue weighted by Gasteiger charge is -2.25. The first-order valence-corrected chi connectivity index (χ1v) is 8.87. The van der Waals surface area contributed by atoms with E-state index in [2.05, 4.69) is 4.98 Å². The van der Waals surface area contributed by atoms with E-state index in [-0.39, 0.29) is 10.9 Å². The van der Waals surface area contributed by atoms with Crippen LogP contribution in [0.3, 0.4) is 0 Å². The molecule has 0 aliphatic carbocycles. The van der Waals surface area contributed by atoms with E-state index in [1.165, 1.54) is 6.07 Å². The summed E-state index contributed by atoms with van der Waals surface area (Å²) in [7, 11) is -2.23. The summed E-state index contributed by atoms with van der Waals surface area (Å²) in [6, 6.07) is 6.75. The molecule has 23 heavy (non-hydrogen) atoms. The third kappa shape index (κ3) is 3.24. The maximum atomic E-state index is 11.8. The quantitative estimate of drug-likeness (QED) is 0.893. The van der Waals surface area contributed by atoms with Crippen molar-refractivity contribution in [2.24, 2.45) is 5.14 Å². The summed E-state index contributed by atoms with van der Waals surface area (Å²) in [4.78, 5) is 6.22. The first kappa shape index (κ1) is 16.0. The maximum Gasteiger partial charge on any atom is 0.241 e. The molecule has 1 fully saturated rings. The average Bonchev–Trinajstić information content (AvgIpc) is 3.15. The molecule has 1 unspecified atom stereocenters. The number of rotatable bonds is 5. The summed E-state index contributed by atoms with van der Waals surface area (Å²) < 4.78 is 34.5. The number of hydrogen-bond acceptors (Lipinski definition) is 6. The van der Waals surface area contributed by atoms with E-state index in [1.807, 2.05) is 17.0 Å². The maximum absolute atomic E-state index is 11.8. The minimum Gasteiger partial charge on any atom is -0.461 e. The van der Waals surface area contributed by atoms with Crippen LogP contribution < -0.4 is 10.0 Å². The minimum absolute atomic E-state index is 0.0376. The number of sulfonamides is 1. The van der Waals surface area contributed by atoms with Gasteiger partial charge >= 0.3 is 0 Å². The highest BCUT2D eigenvalue weighted by Gasteiger charge is 2.32. The Bertz CT molecular complexity index is 788. The number of hydrogen-bond donors (Lipinski definition) is 1. The zero-order valence-corrected chi connectivity index (χ0v) is 13.6. The van der Waals surface area contributed by atoms with E-state index >= 15 is 0 Å². The number of furan rings is 1. The fourth-order valence-electron chi connectivity index (χ4n) is 2.93. The predicted octanol–water partition coefficient (Wildman–Crippen LogP) is 1.81. The van der Waals surface area contributed by atoms with Gasteiger partial charge < -0.3 is 14.1 Å². The van der Waals surface area contributed by atoms with Crippen molar-refractivity contribution in [2.75, 3.05) is 18.6 Å². The average molecular weight is 337 g/mol. The van der Waals surface area contributed by atoms with E-state index in [9.17, 15) is 8.42 Å². The first-order valence-electron chi connectivity index (χ1n) is 7.32. The molecule has 3 rings (SSSR count). The monoisotopic (exact) mass is 337 g/mol. The molecule has 2 aromatic heterocycles. The predicted molar refractivity (Wildman–Crippen MR) is 84.4 cm³/mol. The van der Waals surface area contributed by atoms with Gasteiger partial charge in [-0.3, -0.25) is 0 Å². The Morgan fingerprint density at radius 1 is 1.43 bits per heavy atom. The Balaban J connectivity index is 1.96. The normalized spacial score (nSPS) is 18.5. The van der Waals surface area contributed by atoms with Crippen LogP contribution in [0.25, 0.3) is 0 Å². The van der Waals surface area contributed by atoms with Gasteiger partial charge in [-0.15, -0.1) is 0 Å². The summed E-state index contributed by atoms with van der Waals surface area (Å²) in [5.41, 5.74) is 0. The van der Waals surface area contributed by atoms with Crippen LogP contribution >= 0.6 is 0 Å². The highest BCUT2D eigenvalue weighted by molar-refractivity contribution is 7.89. The molecule has 124 valence electrons. The third-order valence-corrected chi connectivity index (χ3v) is 4.81. The van der Waals surface area contributed by atoms with Gasteiger partial charge in [0.1, 0.15) is 28.8 Å². The molecule has 0 radical (unpaired) electrons. The molecule has 1 saturated heterocycles. The summed E-state index contributed by atoms with van der Waals surface area (Å²) in [6.07, 6.45) is 3.35. The van der Waals surface area contributed by atoms with Gasteiger partial charge in [0.2, 0.25) is 10.0 Å². The van der Waals surface area contributed by atoms with Crippen LogP contribution in [0, 0.1) is 0 Å². The van der Waals surface area contributed by atoms with Crippen molar-refractivity contribution in [2.45, 2.75) is 30.4 Å². The van der Waals surface area contributed by atoms with Gasteiger partial charge in [-0.05, 0) is 37.1 Å². The first-order chi connectivity index (χ1) is 11.0. The van der Waals surface area contributed by atoms with E-state index in [0.29, 0.717) is 19.0 Å². The third-order valence-electron chi connectivity index (χ3n) is 3.88.